The summed E-state index contributed by atoms with van der Waals surface area (Å²) < 4.78 is 48.0. The second kappa shape index (κ2) is 8.49. The van der Waals surface area contributed by atoms with Gasteiger partial charge in [-0.15, -0.1) is 0 Å². The fraction of sp³-hybridized carbons (Fsp3) is 0.261. The number of ether oxygens (including phenoxy) is 1. The zero-order chi connectivity index (χ0) is 23.9. The molecule has 1 fully saturated rings. The summed E-state index contributed by atoms with van der Waals surface area (Å²) in [4.78, 5) is 29.7. The molecular formula is C23H20F3N5O3. The standard InChI is InChI=1S/C23H20F3N5O3/c24-23(25,26)18-11-15(30-7-9-34-10-8-30)6-5-14(18)12-27-21(32)17-13-28-31-19-4-2-1-3-16(19)22(33)29-20(17)31/h1-6,11,13H,7-10,12H2,(H,27,32)(H,29,33). The number of benzene rings is 2. The molecule has 1 aliphatic rings. The Morgan fingerprint density at radius 1 is 1.15 bits per heavy atom. The molecule has 2 aromatic carbocycles. The molecule has 8 nitrogen and oxygen atoms in total. The van der Waals surface area contributed by atoms with Crippen LogP contribution in [0, 0.1) is 0 Å². The Morgan fingerprint density at radius 2 is 1.91 bits per heavy atom. The molecule has 34 heavy (non-hydrogen) atoms. The number of para-hydroxylation sites is 1. The van der Waals surface area contributed by atoms with Gasteiger partial charge in [0.05, 0.1) is 35.9 Å². The van der Waals surface area contributed by atoms with Crippen molar-refractivity contribution in [3.05, 3.63) is 75.7 Å². The summed E-state index contributed by atoms with van der Waals surface area (Å²) >= 11 is 0. The molecule has 1 amide bonds. The lowest BCUT2D eigenvalue weighted by atomic mass is 10.0. The zero-order valence-electron chi connectivity index (χ0n) is 17.9. The second-order valence-electron chi connectivity index (χ2n) is 7.91. The average Bonchev–Trinajstić information content (AvgIpc) is 3.26. The summed E-state index contributed by atoms with van der Waals surface area (Å²) in [7, 11) is 0. The van der Waals surface area contributed by atoms with Gasteiger partial charge in [-0.25, -0.2) is 4.52 Å². The number of hydrogen-bond donors (Lipinski definition) is 2. The number of carbonyl (C=O) groups excluding carboxylic acids is 1. The minimum atomic E-state index is -4.59. The quantitative estimate of drug-likeness (QED) is 0.478. The molecule has 0 unspecified atom stereocenters. The molecule has 1 aliphatic heterocycles. The summed E-state index contributed by atoms with van der Waals surface area (Å²) in [6, 6.07) is 10.9. The molecule has 5 rings (SSSR count). The van der Waals surface area contributed by atoms with E-state index in [1.165, 1.54) is 16.8 Å². The smallest absolute Gasteiger partial charge is 0.378 e. The van der Waals surface area contributed by atoms with E-state index in [1.807, 2.05) is 4.90 Å². The number of morpholine rings is 1. The van der Waals surface area contributed by atoms with E-state index in [4.69, 9.17) is 4.74 Å². The fourth-order valence-electron chi connectivity index (χ4n) is 4.11. The van der Waals surface area contributed by atoms with E-state index in [0.29, 0.717) is 42.9 Å². The molecule has 0 radical (unpaired) electrons. The van der Waals surface area contributed by atoms with Crippen LogP contribution in [-0.4, -0.2) is 46.8 Å². The van der Waals surface area contributed by atoms with Crippen molar-refractivity contribution in [3.63, 3.8) is 0 Å². The molecule has 11 heteroatoms. The molecule has 0 atom stereocenters. The van der Waals surface area contributed by atoms with Crippen LogP contribution < -0.4 is 15.8 Å². The normalized spacial score (nSPS) is 14.6. The Balaban J connectivity index is 1.42. The number of H-pyrrole nitrogens is 1. The lowest BCUT2D eigenvalue weighted by Gasteiger charge is -2.29. The Labute approximate surface area is 190 Å². The summed E-state index contributed by atoms with van der Waals surface area (Å²) in [5.41, 5.74) is -0.0718. The van der Waals surface area contributed by atoms with E-state index in [1.54, 1.807) is 30.3 Å². The van der Waals surface area contributed by atoms with E-state index in [0.717, 1.165) is 6.07 Å². The van der Waals surface area contributed by atoms with Crippen molar-refractivity contribution in [1.82, 2.24) is 19.9 Å². The van der Waals surface area contributed by atoms with Crippen molar-refractivity contribution in [2.24, 2.45) is 0 Å². The highest BCUT2D eigenvalue weighted by Gasteiger charge is 2.34. The average molecular weight is 471 g/mol. The maximum Gasteiger partial charge on any atom is 0.416 e. The molecule has 0 bridgehead atoms. The first-order valence-corrected chi connectivity index (χ1v) is 10.6. The molecular weight excluding hydrogens is 451 g/mol. The molecule has 0 aliphatic carbocycles. The number of halogens is 3. The summed E-state index contributed by atoms with van der Waals surface area (Å²) in [5.74, 6) is -0.647. The topological polar surface area (TPSA) is 91.7 Å². The van der Waals surface area contributed by atoms with Crippen molar-refractivity contribution in [2.45, 2.75) is 12.7 Å². The molecule has 0 saturated carbocycles. The lowest BCUT2D eigenvalue weighted by Crippen LogP contribution is -2.36. The Morgan fingerprint density at radius 3 is 2.68 bits per heavy atom. The number of aromatic amines is 1. The first-order valence-electron chi connectivity index (χ1n) is 10.6. The molecule has 1 saturated heterocycles. The number of nitrogens with zero attached hydrogens (tertiary/aromatic N) is 3. The number of hydrogen-bond acceptors (Lipinski definition) is 5. The zero-order valence-corrected chi connectivity index (χ0v) is 17.9. The number of alkyl halides is 3. The maximum atomic E-state index is 13.8. The maximum absolute atomic E-state index is 13.8. The van der Waals surface area contributed by atoms with Gasteiger partial charge in [0.2, 0.25) is 0 Å². The van der Waals surface area contributed by atoms with Crippen LogP contribution in [0.3, 0.4) is 0 Å². The third-order valence-electron chi connectivity index (χ3n) is 5.84. The van der Waals surface area contributed by atoms with Crippen LogP contribution in [0.2, 0.25) is 0 Å². The van der Waals surface area contributed by atoms with Crippen LogP contribution in [0.4, 0.5) is 18.9 Å². The van der Waals surface area contributed by atoms with E-state index in [9.17, 15) is 22.8 Å². The molecule has 3 heterocycles. The first-order chi connectivity index (χ1) is 16.3. The van der Waals surface area contributed by atoms with Crippen LogP contribution in [0.25, 0.3) is 16.6 Å². The van der Waals surface area contributed by atoms with Gasteiger partial charge in [0.15, 0.2) is 0 Å². The Kier molecular flexibility index (Phi) is 5.48. The van der Waals surface area contributed by atoms with E-state index in [-0.39, 0.29) is 23.3 Å². The number of aromatic nitrogens is 3. The highest BCUT2D eigenvalue weighted by atomic mass is 19.4. The van der Waals surface area contributed by atoms with E-state index >= 15 is 0 Å². The van der Waals surface area contributed by atoms with E-state index in [2.05, 4.69) is 15.4 Å². The van der Waals surface area contributed by atoms with Gasteiger partial charge in [-0.2, -0.15) is 18.3 Å². The molecule has 2 aromatic heterocycles. The third kappa shape index (κ3) is 3.98. The Bertz CT molecular complexity index is 1440. The van der Waals surface area contributed by atoms with Crippen molar-refractivity contribution in [2.75, 3.05) is 31.2 Å². The molecule has 2 N–H and O–H groups in total. The minimum absolute atomic E-state index is 0.0568. The van der Waals surface area contributed by atoms with Crippen LogP contribution in [-0.2, 0) is 17.5 Å². The SMILES string of the molecule is O=C(NCc1ccc(N2CCOCC2)cc1C(F)(F)F)c1cnn2c1[nH]c(=O)c1ccccc12. The Hall–Kier alpha value is -3.86. The molecule has 4 aromatic rings. The largest absolute Gasteiger partial charge is 0.416 e. The minimum Gasteiger partial charge on any atom is -0.378 e. The number of rotatable bonds is 4. The lowest BCUT2D eigenvalue weighted by molar-refractivity contribution is -0.138. The van der Waals surface area contributed by atoms with Gasteiger partial charge in [0, 0.05) is 25.3 Å². The predicted molar refractivity (Wildman–Crippen MR) is 119 cm³/mol. The van der Waals surface area contributed by atoms with E-state index < -0.39 is 23.2 Å². The number of nitrogens with one attached hydrogen (secondary N) is 2. The van der Waals surface area contributed by atoms with Crippen LogP contribution >= 0.6 is 0 Å². The monoisotopic (exact) mass is 471 g/mol. The van der Waals surface area contributed by atoms with Crippen molar-refractivity contribution in [3.8, 4) is 0 Å². The number of amides is 1. The van der Waals surface area contributed by atoms with Gasteiger partial charge in [-0.3, -0.25) is 9.59 Å². The molecule has 176 valence electrons. The van der Waals surface area contributed by atoms with Crippen molar-refractivity contribution >= 4 is 28.1 Å². The summed E-state index contributed by atoms with van der Waals surface area (Å²) in [6.07, 6.45) is -3.31. The predicted octanol–water partition coefficient (Wildman–Crippen LogP) is 2.96. The highest BCUT2D eigenvalue weighted by molar-refractivity contribution is 6.00. The van der Waals surface area contributed by atoms with Gasteiger partial charge in [-0.05, 0) is 29.8 Å². The third-order valence-corrected chi connectivity index (χ3v) is 5.84. The van der Waals surface area contributed by atoms with Gasteiger partial charge >= 0.3 is 6.18 Å². The van der Waals surface area contributed by atoms with Crippen LogP contribution in [0.5, 0.6) is 0 Å². The first kappa shape index (κ1) is 22.0. The van der Waals surface area contributed by atoms with Crippen LogP contribution in [0.15, 0.2) is 53.5 Å². The molecule has 0 spiro atoms. The van der Waals surface area contributed by atoms with Gasteiger partial charge in [0.25, 0.3) is 11.5 Å². The van der Waals surface area contributed by atoms with Gasteiger partial charge < -0.3 is 19.9 Å². The second-order valence-corrected chi connectivity index (χ2v) is 7.91. The van der Waals surface area contributed by atoms with Crippen molar-refractivity contribution in [1.29, 1.82) is 0 Å². The van der Waals surface area contributed by atoms with Gasteiger partial charge in [0.1, 0.15) is 11.2 Å². The van der Waals surface area contributed by atoms with Gasteiger partial charge in [-0.1, -0.05) is 18.2 Å². The van der Waals surface area contributed by atoms with Crippen molar-refractivity contribution < 1.29 is 22.7 Å². The number of carbonyl (C=O) groups is 1. The fourth-order valence-corrected chi connectivity index (χ4v) is 4.11. The highest BCUT2D eigenvalue weighted by Crippen LogP contribution is 2.35. The summed E-state index contributed by atoms with van der Waals surface area (Å²) in [5, 5.41) is 7.10. The van der Waals surface area contributed by atoms with Crippen LogP contribution in [0.1, 0.15) is 21.5 Å². The summed E-state index contributed by atoms with van der Waals surface area (Å²) in [6.45, 7) is 1.59. The number of fused-ring (bicyclic) bond motifs is 3. The number of anilines is 1.